The molecule has 1 amide bonds. The fourth-order valence-electron chi connectivity index (χ4n) is 1.83. The van der Waals surface area contributed by atoms with Gasteiger partial charge in [-0.1, -0.05) is 11.6 Å². The lowest BCUT2D eigenvalue weighted by Crippen LogP contribution is -2.31. The van der Waals surface area contributed by atoms with Crippen molar-refractivity contribution in [1.82, 2.24) is 0 Å². The normalized spacial score (nSPS) is 14.1. The lowest BCUT2D eigenvalue weighted by Gasteiger charge is -2.16. The van der Waals surface area contributed by atoms with Gasteiger partial charge < -0.3 is 4.90 Å². The lowest BCUT2D eigenvalue weighted by molar-refractivity contribution is -0.117. The van der Waals surface area contributed by atoms with Gasteiger partial charge in [-0.3, -0.25) is 14.4 Å². The van der Waals surface area contributed by atoms with E-state index in [0.717, 1.165) is 11.0 Å². The van der Waals surface area contributed by atoms with Crippen LogP contribution in [0, 0.1) is 5.82 Å². The summed E-state index contributed by atoms with van der Waals surface area (Å²) in [5, 5.41) is 0.0371. The molecular formula is C12H9ClFNO3. The molecule has 0 N–H and O–H groups in total. The molecular weight excluding hydrogens is 261 g/mol. The highest BCUT2D eigenvalue weighted by Crippen LogP contribution is 2.36. The minimum atomic E-state index is -0.849. The summed E-state index contributed by atoms with van der Waals surface area (Å²) in [5.74, 6) is -2.53. The standard InChI is InChI=1S/C12H9ClFNO3/c1-6(16)4-5-15-10-8(14)3-2-7(13)9(10)11(17)12(15)18/h2-3H,4-5H2,1H3. The van der Waals surface area contributed by atoms with E-state index in [-0.39, 0.29) is 35.0 Å². The van der Waals surface area contributed by atoms with Gasteiger partial charge >= 0.3 is 0 Å². The molecule has 0 aromatic heterocycles. The molecule has 18 heavy (non-hydrogen) atoms. The Morgan fingerprint density at radius 3 is 2.67 bits per heavy atom. The third-order valence-corrected chi connectivity index (χ3v) is 3.02. The quantitative estimate of drug-likeness (QED) is 0.789. The van der Waals surface area contributed by atoms with Gasteiger partial charge in [0.2, 0.25) is 0 Å². The zero-order valence-corrected chi connectivity index (χ0v) is 10.3. The van der Waals surface area contributed by atoms with E-state index in [1.807, 2.05) is 0 Å². The Morgan fingerprint density at radius 1 is 1.39 bits per heavy atom. The monoisotopic (exact) mass is 269 g/mol. The highest BCUT2D eigenvalue weighted by Gasteiger charge is 2.39. The maximum Gasteiger partial charge on any atom is 0.299 e. The topological polar surface area (TPSA) is 54.5 Å². The van der Waals surface area contributed by atoms with Gasteiger partial charge in [0.25, 0.3) is 11.7 Å². The lowest BCUT2D eigenvalue weighted by atomic mass is 10.1. The van der Waals surface area contributed by atoms with Crippen LogP contribution >= 0.6 is 11.6 Å². The minimum absolute atomic E-state index is 0.0236. The van der Waals surface area contributed by atoms with Gasteiger partial charge in [-0.15, -0.1) is 0 Å². The van der Waals surface area contributed by atoms with Crippen molar-refractivity contribution in [3.8, 4) is 0 Å². The van der Waals surface area contributed by atoms with Crippen molar-refractivity contribution in [3.05, 3.63) is 28.5 Å². The van der Waals surface area contributed by atoms with Gasteiger partial charge in [-0.25, -0.2) is 4.39 Å². The zero-order valence-electron chi connectivity index (χ0n) is 9.50. The largest absolute Gasteiger partial charge is 0.302 e. The number of hydrogen-bond acceptors (Lipinski definition) is 3. The van der Waals surface area contributed by atoms with Gasteiger partial charge in [-0.2, -0.15) is 0 Å². The van der Waals surface area contributed by atoms with Crippen LogP contribution in [-0.4, -0.2) is 24.0 Å². The molecule has 4 nitrogen and oxygen atoms in total. The molecule has 0 spiro atoms. The van der Waals surface area contributed by atoms with Crippen molar-refractivity contribution in [3.63, 3.8) is 0 Å². The molecule has 1 aromatic carbocycles. The highest BCUT2D eigenvalue weighted by molar-refractivity contribution is 6.55. The second kappa shape index (κ2) is 4.49. The van der Waals surface area contributed by atoms with Crippen molar-refractivity contribution in [1.29, 1.82) is 0 Å². The third-order valence-electron chi connectivity index (χ3n) is 2.70. The molecule has 94 valence electrons. The number of anilines is 1. The number of amides is 1. The molecule has 1 aromatic rings. The van der Waals surface area contributed by atoms with Crippen LogP contribution in [0.2, 0.25) is 5.02 Å². The van der Waals surface area contributed by atoms with E-state index in [4.69, 9.17) is 11.6 Å². The van der Waals surface area contributed by atoms with Gasteiger partial charge in [0, 0.05) is 13.0 Å². The number of carbonyl (C=O) groups excluding carboxylic acids is 3. The number of rotatable bonds is 3. The second-order valence-corrected chi connectivity index (χ2v) is 4.40. The fourth-order valence-corrected chi connectivity index (χ4v) is 2.07. The molecule has 0 bridgehead atoms. The predicted molar refractivity (Wildman–Crippen MR) is 63.4 cm³/mol. The number of benzene rings is 1. The molecule has 0 saturated carbocycles. The minimum Gasteiger partial charge on any atom is -0.302 e. The Labute approximate surface area is 107 Å². The summed E-state index contributed by atoms with van der Waals surface area (Å²) in [7, 11) is 0. The molecule has 0 saturated heterocycles. The summed E-state index contributed by atoms with van der Waals surface area (Å²) in [6, 6.07) is 2.32. The van der Waals surface area contributed by atoms with Gasteiger partial charge in [0.05, 0.1) is 16.3 Å². The van der Waals surface area contributed by atoms with Crippen molar-refractivity contribution < 1.29 is 18.8 Å². The number of fused-ring (bicyclic) bond motifs is 1. The Hall–Kier alpha value is -1.75. The molecule has 0 atom stereocenters. The first-order valence-corrected chi connectivity index (χ1v) is 5.65. The van der Waals surface area contributed by atoms with Crippen LogP contribution in [0.25, 0.3) is 0 Å². The number of ketones is 2. The van der Waals surface area contributed by atoms with Crippen molar-refractivity contribution in [2.24, 2.45) is 0 Å². The molecule has 0 aliphatic carbocycles. The average molecular weight is 270 g/mol. The van der Waals surface area contributed by atoms with Gasteiger partial charge in [0.1, 0.15) is 11.6 Å². The Bertz CT molecular complexity index is 571. The third kappa shape index (κ3) is 1.90. The van der Waals surface area contributed by atoms with E-state index in [9.17, 15) is 18.8 Å². The van der Waals surface area contributed by atoms with E-state index in [0.29, 0.717) is 0 Å². The van der Waals surface area contributed by atoms with Gasteiger partial charge in [0.15, 0.2) is 0 Å². The van der Waals surface area contributed by atoms with E-state index >= 15 is 0 Å². The first-order chi connectivity index (χ1) is 8.43. The smallest absolute Gasteiger partial charge is 0.299 e. The Kier molecular flexibility index (Phi) is 3.17. The van der Waals surface area contributed by atoms with Crippen molar-refractivity contribution in [2.45, 2.75) is 13.3 Å². The number of Topliss-reactive ketones (excluding diaryl/α,β-unsaturated/α-hetero) is 2. The van der Waals surface area contributed by atoms with Crippen LogP contribution in [0.1, 0.15) is 23.7 Å². The van der Waals surface area contributed by atoms with E-state index < -0.39 is 17.5 Å². The number of carbonyl (C=O) groups is 3. The summed E-state index contributed by atoms with van der Waals surface area (Å²) >= 11 is 5.80. The maximum absolute atomic E-state index is 13.7. The second-order valence-electron chi connectivity index (χ2n) is 3.99. The Morgan fingerprint density at radius 2 is 2.06 bits per heavy atom. The summed E-state index contributed by atoms with van der Waals surface area (Å²) in [6.07, 6.45) is 0.0599. The van der Waals surface area contributed by atoms with E-state index in [1.54, 1.807) is 0 Å². The molecule has 0 radical (unpaired) electrons. The average Bonchev–Trinajstić information content (AvgIpc) is 2.56. The molecule has 1 heterocycles. The summed E-state index contributed by atoms with van der Waals surface area (Å²) < 4.78 is 13.7. The van der Waals surface area contributed by atoms with E-state index in [2.05, 4.69) is 0 Å². The van der Waals surface area contributed by atoms with Gasteiger partial charge in [-0.05, 0) is 19.1 Å². The van der Waals surface area contributed by atoms with E-state index in [1.165, 1.54) is 13.0 Å². The van der Waals surface area contributed by atoms with Crippen LogP contribution in [0.4, 0.5) is 10.1 Å². The van der Waals surface area contributed by atoms with Crippen LogP contribution in [0.5, 0.6) is 0 Å². The molecule has 1 aliphatic heterocycles. The number of halogens is 2. The molecule has 2 rings (SSSR count). The summed E-state index contributed by atoms with van der Waals surface area (Å²) in [5.41, 5.74) is -0.246. The fraction of sp³-hybridized carbons (Fsp3) is 0.250. The predicted octanol–water partition coefficient (Wildman–Crippen LogP) is 1.99. The first kappa shape index (κ1) is 12.7. The zero-order chi connectivity index (χ0) is 13.4. The molecule has 6 heteroatoms. The number of hydrogen-bond donors (Lipinski definition) is 0. The van der Waals surface area contributed by atoms with Crippen LogP contribution in [0.3, 0.4) is 0 Å². The highest BCUT2D eigenvalue weighted by atomic mass is 35.5. The summed E-state index contributed by atoms with van der Waals surface area (Å²) in [4.78, 5) is 35.3. The molecule has 0 unspecified atom stereocenters. The van der Waals surface area contributed by atoms with Crippen molar-refractivity contribution in [2.75, 3.05) is 11.4 Å². The van der Waals surface area contributed by atoms with Crippen LogP contribution in [-0.2, 0) is 9.59 Å². The van der Waals surface area contributed by atoms with Crippen molar-refractivity contribution >= 4 is 34.8 Å². The SMILES string of the molecule is CC(=O)CCN1C(=O)C(=O)c2c(Cl)ccc(F)c21. The molecule has 0 fully saturated rings. The molecule has 1 aliphatic rings. The maximum atomic E-state index is 13.7. The Balaban J connectivity index is 2.48. The van der Waals surface area contributed by atoms with Crippen LogP contribution < -0.4 is 4.90 Å². The van der Waals surface area contributed by atoms with Crippen LogP contribution in [0.15, 0.2) is 12.1 Å². The number of nitrogens with zero attached hydrogens (tertiary/aromatic N) is 1. The first-order valence-electron chi connectivity index (χ1n) is 5.27. The summed E-state index contributed by atoms with van der Waals surface area (Å²) in [6.45, 7) is 1.34.